The maximum Gasteiger partial charge on any atom is 0.247 e. The number of amides is 1. The van der Waals surface area contributed by atoms with Gasteiger partial charge in [0.1, 0.15) is 11.6 Å². The van der Waals surface area contributed by atoms with Crippen molar-refractivity contribution in [2.24, 2.45) is 0 Å². The minimum atomic E-state index is -0.300. The van der Waals surface area contributed by atoms with Crippen LogP contribution in [0.15, 0.2) is 67.5 Å². The first-order valence-corrected chi connectivity index (χ1v) is 12.0. The largest absolute Gasteiger partial charge is 0.494 e. The lowest BCUT2D eigenvalue weighted by Crippen LogP contribution is -2.29. The van der Waals surface area contributed by atoms with E-state index >= 15 is 0 Å². The molecule has 37 heavy (non-hydrogen) atoms. The van der Waals surface area contributed by atoms with E-state index in [1.54, 1.807) is 13.3 Å². The first-order valence-electron chi connectivity index (χ1n) is 12.0. The van der Waals surface area contributed by atoms with Gasteiger partial charge in [0, 0.05) is 44.0 Å². The number of benzene rings is 2. The van der Waals surface area contributed by atoms with Gasteiger partial charge in [0.25, 0.3) is 0 Å². The number of aryl methyl sites for hydroxylation is 1. The van der Waals surface area contributed by atoms with Crippen LogP contribution in [0.3, 0.4) is 0 Å². The molecule has 2 aromatic carbocycles. The highest BCUT2D eigenvalue weighted by molar-refractivity contribution is 6.02. The average Bonchev–Trinajstić information content (AvgIpc) is 3.33. The van der Waals surface area contributed by atoms with E-state index in [2.05, 4.69) is 57.1 Å². The SMILES string of the molecule is C=CC(=O)Nc1cc(Nc2nccc(-n3ccc4c(C)cccc43)n2)c(OC)cc1N(C)CCN(C)C. The maximum absolute atomic E-state index is 12.2. The van der Waals surface area contributed by atoms with Gasteiger partial charge in [0.2, 0.25) is 11.9 Å². The van der Waals surface area contributed by atoms with Crippen molar-refractivity contribution < 1.29 is 9.53 Å². The van der Waals surface area contributed by atoms with Crippen molar-refractivity contribution in [2.75, 3.05) is 56.9 Å². The average molecular weight is 500 g/mol. The number of anilines is 4. The number of nitrogens with one attached hydrogen (secondary N) is 2. The third-order valence-corrected chi connectivity index (χ3v) is 6.14. The Bertz CT molecular complexity index is 1430. The third-order valence-electron chi connectivity index (χ3n) is 6.14. The summed E-state index contributed by atoms with van der Waals surface area (Å²) in [5.74, 6) is 1.43. The molecule has 4 rings (SSSR count). The van der Waals surface area contributed by atoms with Crippen LogP contribution in [0.2, 0.25) is 0 Å². The lowest BCUT2D eigenvalue weighted by atomic mass is 10.1. The molecule has 0 saturated carbocycles. The number of fused-ring (bicyclic) bond motifs is 1. The van der Waals surface area contributed by atoms with Crippen LogP contribution < -0.4 is 20.3 Å². The van der Waals surface area contributed by atoms with Crippen molar-refractivity contribution in [1.82, 2.24) is 19.4 Å². The van der Waals surface area contributed by atoms with E-state index in [1.165, 1.54) is 17.0 Å². The number of carbonyl (C=O) groups is 1. The highest BCUT2D eigenvalue weighted by Gasteiger charge is 2.17. The molecule has 9 heteroatoms. The van der Waals surface area contributed by atoms with Gasteiger partial charge >= 0.3 is 0 Å². The zero-order valence-corrected chi connectivity index (χ0v) is 21.9. The van der Waals surface area contributed by atoms with Gasteiger partial charge in [-0.15, -0.1) is 0 Å². The second kappa shape index (κ2) is 11.1. The lowest BCUT2D eigenvalue weighted by molar-refractivity contribution is -0.111. The molecule has 4 aromatic rings. The molecule has 9 nitrogen and oxygen atoms in total. The van der Waals surface area contributed by atoms with Crippen LogP contribution in [0, 0.1) is 6.92 Å². The fraction of sp³-hybridized carbons (Fsp3) is 0.250. The number of rotatable bonds is 10. The Morgan fingerprint density at radius 2 is 1.95 bits per heavy atom. The van der Waals surface area contributed by atoms with E-state index in [1.807, 2.05) is 56.2 Å². The van der Waals surface area contributed by atoms with Crippen molar-refractivity contribution in [1.29, 1.82) is 0 Å². The van der Waals surface area contributed by atoms with E-state index in [0.717, 1.165) is 30.1 Å². The van der Waals surface area contributed by atoms with Gasteiger partial charge in [0.05, 0.1) is 29.7 Å². The summed E-state index contributed by atoms with van der Waals surface area (Å²) < 4.78 is 7.73. The van der Waals surface area contributed by atoms with E-state index in [9.17, 15) is 4.79 Å². The minimum Gasteiger partial charge on any atom is -0.494 e. The van der Waals surface area contributed by atoms with E-state index in [0.29, 0.717) is 23.1 Å². The van der Waals surface area contributed by atoms with Gasteiger partial charge in [-0.3, -0.25) is 4.79 Å². The maximum atomic E-state index is 12.2. The molecule has 2 heterocycles. The molecule has 2 aromatic heterocycles. The molecule has 0 fully saturated rings. The second-order valence-electron chi connectivity index (χ2n) is 9.04. The van der Waals surface area contributed by atoms with Crippen molar-refractivity contribution in [3.63, 3.8) is 0 Å². The van der Waals surface area contributed by atoms with Crippen LogP contribution >= 0.6 is 0 Å². The Morgan fingerprint density at radius 3 is 2.68 bits per heavy atom. The number of likely N-dealkylation sites (N-methyl/N-ethyl adjacent to an activating group) is 2. The zero-order chi connectivity index (χ0) is 26.5. The summed E-state index contributed by atoms with van der Waals surface area (Å²) in [5.41, 5.74) is 4.35. The van der Waals surface area contributed by atoms with Gasteiger partial charge in [-0.2, -0.15) is 4.98 Å². The fourth-order valence-corrected chi connectivity index (χ4v) is 4.09. The van der Waals surface area contributed by atoms with Crippen LogP contribution in [-0.4, -0.2) is 66.7 Å². The predicted molar refractivity (Wildman–Crippen MR) is 151 cm³/mol. The lowest BCUT2D eigenvalue weighted by Gasteiger charge is -2.26. The van der Waals surface area contributed by atoms with Crippen LogP contribution in [0.4, 0.5) is 23.0 Å². The van der Waals surface area contributed by atoms with Gasteiger partial charge < -0.3 is 29.7 Å². The Hall–Kier alpha value is -4.37. The van der Waals surface area contributed by atoms with E-state index < -0.39 is 0 Å². The molecular weight excluding hydrogens is 466 g/mol. The Morgan fingerprint density at radius 1 is 1.14 bits per heavy atom. The molecule has 2 N–H and O–H groups in total. The van der Waals surface area contributed by atoms with Crippen LogP contribution in [0.1, 0.15) is 5.56 Å². The molecule has 0 aliphatic heterocycles. The van der Waals surface area contributed by atoms with Crippen LogP contribution in [0.25, 0.3) is 16.7 Å². The van der Waals surface area contributed by atoms with E-state index in [4.69, 9.17) is 9.72 Å². The summed E-state index contributed by atoms with van der Waals surface area (Å²) in [7, 11) is 7.63. The van der Waals surface area contributed by atoms with Gasteiger partial charge in [0.15, 0.2) is 0 Å². The van der Waals surface area contributed by atoms with Gasteiger partial charge in [-0.1, -0.05) is 18.7 Å². The summed E-state index contributed by atoms with van der Waals surface area (Å²) in [5, 5.41) is 7.36. The summed E-state index contributed by atoms with van der Waals surface area (Å²) in [6.07, 6.45) is 4.96. The van der Waals surface area contributed by atoms with Crippen molar-refractivity contribution >= 4 is 39.8 Å². The summed E-state index contributed by atoms with van der Waals surface area (Å²) >= 11 is 0. The second-order valence-corrected chi connectivity index (χ2v) is 9.04. The molecule has 1 amide bonds. The van der Waals surface area contributed by atoms with Crippen LogP contribution in [0.5, 0.6) is 5.75 Å². The molecule has 0 aliphatic carbocycles. The fourth-order valence-electron chi connectivity index (χ4n) is 4.09. The summed E-state index contributed by atoms with van der Waals surface area (Å²) in [4.78, 5) is 25.6. The first kappa shape index (κ1) is 25.7. The number of carbonyl (C=O) groups excluding carboxylic acids is 1. The van der Waals surface area contributed by atoms with Crippen LogP contribution in [-0.2, 0) is 4.79 Å². The molecule has 0 atom stereocenters. The highest BCUT2D eigenvalue weighted by atomic mass is 16.5. The summed E-state index contributed by atoms with van der Waals surface area (Å²) in [6, 6.07) is 13.9. The predicted octanol–water partition coefficient (Wildman–Crippen LogP) is 4.60. The quantitative estimate of drug-likeness (QED) is 0.308. The number of hydrogen-bond acceptors (Lipinski definition) is 7. The topological polar surface area (TPSA) is 87.5 Å². The van der Waals surface area contributed by atoms with Crippen molar-refractivity contribution in [3.05, 3.63) is 73.1 Å². The van der Waals surface area contributed by atoms with Gasteiger partial charge in [-0.25, -0.2) is 4.98 Å². The molecule has 0 saturated heterocycles. The molecule has 0 aliphatic rings. The molecule has 0 radical (unpaired) electrons. The summed E-state index contributed by atoms with van der Waals surface area (Å²) in [6.45, 7) is 7.28. The number of aromatic nitrogens is 3. The molecule has 0 unspecified atom stereocenters. The minimum absolute atomic E-state index is 0.300. The normalized spacial score (nSPS) is 11.0. The molecular formula is C28H33N7O2. The highest BCUT2D eigenvalue weighted by Crippen LogP contribution is 2.38. The number of nitrogens with zero attached hydrogens (tertiary/aromatic N) is 5. The standard InChI is InChI=1S/C28H33N7O2/c1-7-27(36)30-21-17-22(25(37-6)18-24(21)34(5)16-15-33(3)4)31-28-29-13-11-26(32-28)35-14-12-20-19(2)9-8-10-23(20)35/h7-14,17-18H,1,15-16H2,2-6H3,(H,30,36)(H,29,31,32). The molecule has 192 valence electrons. The third kappa shape index (κ3) is 5.73. The molecule has 0 bridgehead atoms. The number of ether oxygens (including phenoxy) is 1. The zero-order valence-electron chi connectivity index (χ0n) is 21.9. The number of hydrogen-bond donors (Lipinski definition) is 2. The first-order chi connectivity index (χ1) is 17.8. The van der Waals surface area contributed by atoms with Gasteiger partial charge in [-0.05, 0) is 56.9 Å². The smallest absolute Gasteiger partial charge is 0.247 e. The Kier molecular flexibility index (Phi) is 7.74. The molecule has 0 spiro atoms. The van der Waals surface area contributed by atoms with E-state index in [-0.39, 0.29) is 5.91 Å². The number of methoxy groups -OCH3 is 1. The Balaban J connectivity index is 1.70. The Labute approximate surface area is 217 Å². The monoisotopic (exact) mass is 499 g/mol. The van der Waals surface area contributed by atoms with Crippen molar-refractivity contribution in [3.8, 4) is 11.6 Å². The van der Waals surface area contributed by atoms with Crippen molar-refractivity contribution in [2.45, 2.75) is 6.92 Å².